The van der Waals surface area contributed by atoms with Gasteiger partial charge in [0, 0.05) is 10.8 Å². The van der Waals surface area contributed by atoms with Crippen molar-refractivity contribution in [3.05, 3.63) is 39.7 Å². The number of carbonyl (C=O) groups is 2. The number of nitrogen functional groups attached to an aromatic ring is 1. The number of nitrogens with zero attached hydrogens (tertiary/aromatic N) is 2. The molecule has 0 radical (unpaired) electrons. The number of ether oxygens (including phenoxy) is 2. The standard InChI is InChI=1S/C20H18N4O4S2/c1-4-28-19(26)15-9(2)22-20(30-15)24-17(25)16-14(21)12-8-10-7-11(27-3)5-6-13(10)23-18(12)29-16/h5-8H,4,21H2,1-3H3,(H,22,24,25). The molecule has 0 saturated carbocycles. The molecular weight excluding hydrogens is 424 g/mol. The molecule has 0 spiro atoms. The summed E-state index contributed by atoms with van der Waals surface area (Å²) < 4.78 is 10.3. The van der Waals surface area contributed by atoms with E-state index in [2.05, 4.69) is 15.3 Å². The van der Waals surface area contributed by atoms with Crippen molar-refractivity contribution in [1.29, 1.82) is 0 Å². The molecule has 0 aliphatic rings. The predicted octanol–water partition coefficient (Wildman–Crippen LogP) is 4.23. The Morgan fingerprint density at radius 2 is 1.97 bits per heavy atom. The lowest BCUT2D eigenvalue weighted by Gasteiger charge is -2.02. The molecule has 0 aliphatic carbocycles. The number of nitrogens with two attached hydrogens (primary N) is 1. The highest BCUT2D eigenvalue weighted by atomic mass is 32.1. The molecule has 154 valence electrons. The number of aryl methyl sites for hydroxylation is 1. The number of benzene rings is 1. The third-order valence-electron chi connectivity index (χ3n) is 4.40. The van der Waals surface area contributed by atoms with E-state index in [1.807, 2.05) is 24.3 Å². The SMILES string of the molecule is CCOC(=O)c1sc(NC(=O)c2sc3nc4ccc(OC)cc4cc3c2N)nc1C. The molecule has 3 aromatic heterocycles. The van der Waals surface area contributed by atoms with Crippen LogP contribution in [0.4, 0.5) is 10.8 Å². The maximum Gasteiger partial charge on any atom is 0.350 e. The van der Waals surface area contributed by atoms with Crippen LogP contribution in [0.2, 0.25) is 0 Å². The Bertz CT molecular complexity index is 1300. The van der Waals surface area contributed by atoms with Crippen LogP contribution in [0.1, 0.15) is 32.0 Å². The molecule has 1 amide bonds. The minimum absolute atomic E-state index is 0.267. The molecule has 0 saturated heterocycles. The number of rotatable bonds is 5. The molecule has 3 N–H and O–H groups in total. The number of thiazole rings is 1. The molecule has 0 atom stereocenters. The van der Waals surface area contributed by atoms with Crippen molar-refractivity contribution in [2.75, 3.05) is 24.8 Å². The van der Waals surface area contributed by atoms with Crippen molar-refractivity contribution in [3.8, 4) is 5.75 Å². The van der Waals surface area contributed by atoms with Gasteiger partial charge in [0.1, 0.15) is 20.3 Å². The fourth-order valence-electron chi connectivity index (χ4n) is 2.97. The van der Waals surface area contributed by atoms with E-state index in [4.69, 9.17) is 15.2 Å². The Balaban J connectivity index is 1.66. The molecule has 1 aromatic carbocycles. The maximum absolute atomic E-state index is 12.8. The minimum Gasteiger partial charge on any atom is -0.497 e. The van der Waals surface area contributed by atoms with Gasteiger partial charge in [-0.1, -0.05) is 11.3 Å². The van der Waals surface area contributed by atoms with Gasteiger partial charge in [-0.3, -0.25) is 10.1 Å². The zero-order chi connectivity index (χ0) is 21.4. The topological polar surface area (TPSA) is 116 Å². The van der Waals surface area contributed by atoms with Crippen molar-refractivity contribution in [1.82, 2.24) is 9.97 Å². The van der Waals surface area contributed by atoms with Gasteiger partial charge >= 0.3 is 5.97 Å². The smallest absolute Gasteiger partial charge is 0.350 e. The van der Waals surface area contributed by atoms with Gasteiger partial charge < -0.3 is 15.2 Å². The molecular formula is C20H18N4O4S2. The second kappa shape index (κ2) is 7.88. The molecule has 4 rings (SSSR count). The van der Waals surface area contributed by atoms with Crippen molar-refractivity contribution in [3.63, 3.8) is 0 Å². The summed E-state index contributed by atoms with van der Waals surface area (Å²) in [6.45, 7) is 3.69. The first-order valence-electron chi connectivity index (χ1n) is 9.04. The lowest BCUT2D eigenvalue weighted by atomic mass is 10.1. The number of carbonyl (C=O) groups excluding carboxylic acids is 2. The number of hydrogen-bond acceptors (Lipinski definition) is 9. The van der Waals surface area contributed by atoms with Crippen molar-refractivity contribution in [2.45, 2.75) is 13.8 Å². The summed E-state index contributed by atoms with van der Waals surface area (Å²) in [6.07, 6.45) is 0. The molecule has 0 bridgehead atoms. The average Bonchev–Trinajstić information content (AvgIpc) is 3.25. The molecule has 0 unspecified atom stereocenters. The number of esters is 1. The van der Waals surface area contributed by atoms with E-state index in [9.17, 15) is 9.59 Å². The van der Waals surface area contributed by atoms with Crippen molar-refractivity contribution in [2.24, 2.45) is 0 Å². The van der Waals surface area contributed by atoms with Gasteiger partial charge in [-0.05, 0) is 38.1 Å². The molecule has 0 fully saturated rings. The van der Waals surface area contributed by atoms with Gasteiger partial charge in [-0.15, -0.1) is 11.3 Å². The number of aromatic nitrogens is 2. The Hall–Kier alpha value is -3.24. The predicted molar refractivity (Wildman–Crippen MR) is 119 cm³/mol. The Morgan fingerprint density at radius 1 is 1.17 bits per heavy atom. The second-order valence-corrected chi connectivity index (χ2v) is 8.35. The van der Waals surface area contributed by atoms with Crippen LogP contribution in [0, 0.1) is 6.92 Å². The zero-order valence-electron chi connectivity index (χ0n) is 16.4. The quantitative estimate of drug-likeness (QED) is 0.444. The summed E-state index contributed by atoms with van der Waals surface area (Å²) in [7, 11) is 1.60. The van der Waals surface area contributed by atoms with Crippen LogP contribution in [-0.4, -0.2) is 35.6 Å². The highest BCUT2D eigenvalue weighted by Gasteiger charge is 2.21. The Labute approximate surface area is 179 Å². The number of anilines is 2. The lowest BCUT2D eigenvalue weighted by Crippen LogP contribution is -2.11. The van der Waals surface area contributed by atoms with E-state index in [1.54, 1.807) is 21.0 Å². The fraction of sp³-hybridized carbons (Fsp3) is 0.200. The molecule has 3 heterocycles. The van der Waals surface area contributed by atoms with Crippen molar-refractivity contribution < 1.29 is 19.1 Å². The van der Waals surface area contributed by atoms with Gasteiger partial charge in [0.05, 0.1) is 30.6 Å². The van der Waals surface area contributed by atoms with Gasteiger partial charge in [0.25, 0.3) is 5.91 Å². The number of pyridine rings is 1. The number of hydrogen-bond donors (Lipinski definition) is 2. The van der Waals surface area contributed by atoms with E-state index < -0.39 is 11.9 Å². The highest BCUT2D eigenvalue weighted by Crippen LogP contribution is 2.36. The summed E-state index contributed by atoms with van der Waals surface area (Å²) in [4.78, 5) is 35.0. The first-order valence-corrected chi connectivity index (χ1v) is 10.7. The molecule has 8 nitrogen and oxygen atoms in total. The maximum atomic E-state index is 12.8. The van der Waals surface area contributed by atoms with Crippen molar-refractivity contribution >= 4 is 66.5 Å². The van der Waals surface area contributed by atoms with E-state index in [-0.39, 0.29) is 6.61 Å². The zero-order valence-corrected chi connectivity index (χ0v) is 18.1. The van der Waals surface area contributed by atoms with Crippen LogP contribution in [0.3, 0.4) is 0 Å². The third-order valence-corrected chi connectivity index (χ3v) is 6.57. The van der Waals surface area contributed by atoms with Gasteiger partial charge in [0.2, 0.25) is 0 Å². The van der Waals surface area contributed by atoms with E-state index >= 15 is 0 Å². The Morgan fingerprint density at radius 3 is 2.70 bits per heavy atom. The highest BCUT2D eigenvalue weighted by molar-refractivity contribution is 7.21. The van der Waals surface area contributed by atoms with Gasteiger partial charge in [0.15, 0.2) is 5.13 Å². The summed E-state index contributed by atoms with van der Waals surface area (Å²) in [5.41, 5.74) is 7.90. The summed E-state index contributed by atoms with van der Waals surface area (Å²) in [6, 6.07) is 7.46. The molecule has 30 heavy (non-hydrogen) atoms. The third kappa shape index (κ3) is 3.55. The monoisotopic (exact) mass is 442 g/mol. The average molecular weight is 443 g/mol. The van der Waals surface area contributed by atoms with Crippen LogP contribution in [0.5, 0.6) is 5.75 Å². The van der Waals surface area contributed by atoms with Crippen LogP contribution in [-0.2, 0) is 4.74 Å². The second-order valence-electron chi connectivity index (χ2n) is 6.35. The first-order chi connectivity index (χ1) is 14.4. The van der Waals surface area contributed by atoms with E-state index in [0.29, 0.717) is 42.2 Å². The molecule has 0 aliphatic heterocycles. The number of nitrogens with one attached hydrogen (secondary N) is 1. The van der Waals surface area contributed by atoms with E-state index in [1.165, 1.54) is 11.3 Å². The summed E-state index contributed by atoms with van der Waals surface area (Å²) in [5.74, 6) is -0.144. The van der Waals surface area contributed by atoms with Crippen LogP contribution < -0.4 is 15.8 Å². The largest absolute Gasteiger partial charge is 0.497 e. The lowest BCUT2D eigenvalue weighted by molar-refractivity contribution is 0.0531. The first kappa shape index (κ1) is 20.0. The molecule has 4 aromatic rings. The number of thiophene rings is 1. The Kier molecular flexibility index (Phi) is 5.27. The van der Waals surface area contributed by atoms with Gasteiger partial charge in [-0.2, -0.15) is 0 Å². The van der Waals surface area contributed by atoms with Gasteiger partial charge in [-0.25, -0.2) is 14.8 Å². The summed E-state index contributed by atoms with van der Waals surface area (Å²) in [5, 5.41) is 4.60. The fourth-order valence-corrected chi connectivity index (χ4v) is 4.80. The normalized spacial score (nSPS) is 11.0. The summed E-state index contributed by atoms with van der Waals surface area (Å²) >= 11 is 2.27. The number of fused-ring (bicyclic) bond motifs is 2. The number of amides is 1. The minimum atomic E-state index is -0.458. The number of methoxy groups -OCH3 is 1. The van der Waals surface area contributed by atoms with Crippen LogP contribution >= 0.6 is 22.7 Å². The van der Waals surface area contributed by atoms with Crippen LogP contribution in [0.15, 0.2) is 24.3 Å². The van der Waals surface area contributed by atoms with E-state index in [0.717, 1.165) is 22.2 Å². The molecule has 10 heteroatoms. The van der Waals surface area contributed by atoms with Crippen LogP contribution in [0.25, 0.3) is 21.1 Å².